The lowest BCUT2D eigenvalue weighted by molar-refractivity contribution is -0.140. The first kappa shape index (κ1) is 26.7. The highest BCUT2D eigenvalue weighted by atomic mass is 16.5. The standard InChI is InChI=1S/C33H38N4O2/c1-9-22-19(5)28-16-31-23(10-2)18(4)27(35-31)15-29-20(6)24(11-12-32(38)39-8)33(37-29)21(7)26-13-17(3)25(34-26)14-30(22)36-28/h10,13-16,20,24,35-36H,2,9,11-12H2,1,3-8H3/t20-,24-/m0/s1. The van der Waals surface area contributed by atoms with Gasteiger partial charge in [0.15, 0.2) is 0 Å². The first-order valence-corrected chi connectivity index (χ1v) is 13.8. The number of H-pyrrole nitrogens is 2. The molecular formula is C33H38N4O2. The molecule has 2 aliphatic heterocycles. The summed E-state index contributed by atoms with van der Waals surface area (Å²) in [6.45, 7) is 17.0. The molecule has 3 aromatic heterocycles. The summed E-state index contributed by atoms with van der Waals surface area (Å²) in [4.78, 5) is 29.7. The molecule has 0 amide bonds. The average molecular weight is 523 g/mol. The second-order valence-corrected chi connectivity index (χ2v) is 10.8. The lowest BCUT2D eigenvalue weighted by atomic mass is 9.86. The Balaban J connectivity index is 1.89. The highest BCUT2D eigenvalue weighted by Gasteiger charge is 2.31. The number of nitrogens with one attached hydrogen (secondary N) is 2. The number of allylic oxidation sites excluding steroid dienone is 1. The number of fused-ring (bicyclic) bond motifs is 8. The van der Waals surface area contributed by atoms with E-state index in [0.717, 1.165) is 73.5 Å². The molecule has 6 nitrogen and oxygen atoms in total. The minimum Gasteiger partial charge on any atom is -0.469 e. The molecule has 3 aromatic rings. The second kappa shape index (κ2) is 10.3. The summed E-state index contributed by atoms with van der Waals surface area (Å²) < 4.78 is 4.96. The van der Waals surface area contributed by atoms with Crippen molar-refractivity contribution in [3.63, 3.8) is 0 Å². The Morgan fingerprint density at radius 3 is 2.41 bits per heavy atom. The summed E-state index contributed by atoms with van der Waals surface area (Å²) in [7, 11) is 1.44. The molecule has 5 rings (SSSR count). The summed E-state index contributed by atoms with van der Waals surface area (Å²) in [5.41, 5.74) is 15.0. The largest absolute Gasteiger partial charge is 0.469 e. The van der Waals surface area contributed by atoms with Gasteiger partial charge in [-0.1, -0.05) is 26.5 Å². The topological polar surface area (TPSA) is 83.7 Å². The SMILES string of the molecule is C=Cc1c(C)c2cc3nc(c(C)c4nc(cc5[nH]c(cc1[nH]2)c(C)c5CC)C(C)=C4)[C@@H](CCC(=O)OC)[C@@H]3C. The smallest absolute Gasteiger partial charge is 0.305 e. The van der Waals surface area contributed by atoms with Crippen molar-refractivity contribution in [3.05, 3.63) is 75.4 Å². The zero-order chi connectivity index (χ0) is 28.0. The van der Waals surface area contributed by atoms with Crippen LogP contribution in [0, 0.1) is 20.8 Å². The minimum atomic E-state index is -0.197. The summed E-state index contributed by atoms with van der Waals surface area (Å²) >= 11 is 0. The van der Waals surface area contributed by atoms with Gasteiger partial charge < -0.3 is 14.7 Å². The molecule has 0 saturated carbocycles. The Hall–Kier alpha value is -3.93. The number of rotatable bonds is 5. The molecule has 0 saturated heterocycles. The molecule has 0 aliphatic carbocycles. The molecule has 2 N–H and O–H groups in total. The van der Waals surface area contributed by atoms with Crippen molar-refractivity contribution in [2.45, 2.75) is 72.6 Å². The molecule has 39 heavy (non-hydrogen) atoms. The van der Waals surface area contributed by atoms with Gasteiger partial charge >= 0.3 is 5.97 Å². The van der Waals surface area contributed by atoms with Crippen LogP contribution in [0.25, 0.3) is 39.8 Å². The van der Waals surface area contributed by atoms with Crippen LogP contribution in [0.4, 0.5) is 0 Å². The van der Waals surface area contributed by atoms with Gasteiger partial charge in [0.2, 0.25) is 0 Å². The predicted octanol–water partition coefficient (Wildman–Crippen LogP) is 7.85. The summed E-state index contributed by atoms with van der Waals surface area (Å²) in [6, 6.07) is 6.51. The van der Waals surface area contributed by atoms with Gasteiger partial charge in [0.25, 0.3) is 0 Å². The van der Waals surface area contributed by atoms with Gasteiger partial charge in [-0.25, -0.2) is 4.98 Å². The molecule has 0 fully saturated rings. The van der Waals surface area contributed by atoms with E-state index in [1.807, 2.05) is 6.08 Å². The van der Waals surface area contributed by atoms with Crippen molar-refractivity contribution in [3.8, 4) is 0 Å². The quantitative estimate of drug-likeness (QED) is 0.334. The number of carbonyl (C=O) groups excluding carboxylic acids is 1. The van der Waals surface area contributed by atoms with Gasteiger partial charge in [0.05, 0.1) is 18.5 Å². The van der Waals surface area contributed by atoms with E-state index in [1.165, 1.54) is 18.2 Å². The summed E-state index contributed by atoms with van der Waals surface area (Å²) in [6.07, 6.45) is 6.02. The van der Waals surface area contributed by atoms with Crippen LogP contribution in [0.3, 0.4) is 0 Å². The summed E-state index contributed by atoms with van der Waals surface area (Å²) in [5, 5.41) is 0. The molecule has 8 bridgehead atoms. The van der Waals surface area contributed by atoms with Gasteiger partial charge in [0.1, 0.15) is 0 Å². The number of nitrogens with zero attached hydrogens (tertiary/aromatic N) is 2. The molecule has 2 atom stereocenters. The Morgan fingerprint density at radius 2 is 1.72 bits per heavy atom. The lowest BCUT2D eigenvalue weighted by Crippen LogP contribution is -2.08. The van der Waals surface area contributed by atoms with Crippen LogP contribution in [0.5, 0.6) is 0 Å². The molecule has 0 radical (unpaired) electrons. The molecule has 0 unspecified atom stereocenters. The van der Waals surface area contributed by atoms with Crippen molar-refractivity contribution in [2.75, 3.05) is 7.11 Å². The lowest BCUT2D eigenvalue weighted by Gasteiger charge is -2.16. The van der Waals surface area contributed by atoms with Crippen LogP contribution in [0.2, 0.25) is 0 Å². The predicted molar refractivity (Wildman–Crippen MR) is 161 cm³/mol. The summed E-state index contributed by atoms with van der Waals surface area (Å²) in [5.74, 6) is 0.0347. The van der Waals surface area contributed by atoms with Crippen LogP contribution in [-0.4, -0.2) is 33.0 Å². The third-order valence-corrected chi connectivity index (χ3v) is 8.56. The van der Waals surface area contributed by atoms with E-state index < -0.39 is 0 Å². The Bertz CT molecular complexity index is 1690. The van der Waals surface area contributed by atoms with Gasteiger partial charge in [0, 0.05) is 57.3 Å². The minimum absolute atomic E-state index is 0.0931. The molecular weight excluding hydrogens is 484 g/mol. The zero-order valence-electron chi connectivity index (χ0n) is 24.1. The number of methoxy groups -OCH3 is 1. The number of aryl methyl sites for hydroxylation is 3. The maximum atomic E-state index is 12.1. The molecule has 202 valence electrons. The number of ether oxygens (including phenoxy) is 1. The molecule has 2 aliphatic rings. The Labute approximate surface area is 230 Å². The van der Waals surface area contributed by atoms with E-state index in [9.17, 15) is 4.79 Å². The number of hydrogen-bond donors (Lipinski definition) is 2. The third kappa shape index (κ3) is 4.62. The fourth-order valence-electron chi connectivity index (χ4n) is 6.06. The van der Waals surface area contributed by atoms with Crippen molar-refractivity contribution in [1.82, 2.24) is 19.9 Å². The number of aromatic amines is 2. The van der Waals surface area contributed by atoms with Gasteiger partial charge in [-0.15, -0.1) is 0 Å². The first-order chi connectivity index (χ1) is 18.7. The van der Waals surface area contributed by atoms with Gasteiger partial charge in [-0.2, -0.15) is 0 Å². The monoisotopic (exact) mass is 522 g/mol. The number of aromatic nitrogens is 4. The second-order valence-electron chi connectivity index (χ2n) is 10.8. The van der Waals surface area contributed by atoms with Crippen molar-refractivity contribution < 1.29 is 9.53 Å². The highest BCUT2D eigenvalue weighted by Crippen LogP contribution is 2.42. The molecule has 5 heterocycles. The molecule has 6 heteroatoms. The molecule has 0 aromatic carbocycles. The number of hydrogen-bond acceptors (Lipinski definition) is 4. The van der Waals surface area contributed by atoms with E-state index in [2.05, 4.69) is 82.4 Å². The van der Waals surface area contributed by atoms with Gasteiger partial charge in [-0.05, 0) is 92.6 Å². The van der Waals surface area contributed by atoms with Gasteiger partial charge in [-0.3, -0.25) is 9.78 Å². The zero-order valence-corrected chi connectivity index (χ0v) is 24.1. The normalized spacial score (nSPS) is 16.7. The third-order valence-electron chi connectivity index (χ3n) is 8.56. The maximum absolute atomic E-state index is 12.1. The van der Waals surface area contributed by atoms with E-state index in [1.54, 1.807) is 0 Å². The van der Waals surface area contributed by atoms with Crippen molar-refractivity contribution in [2.24, 2.45) is 0 Å². The highest BCUT2D eigenvalue weighted by molar-refractivity contribution is 5.86. The maximum Gasteiger partial charge on any atom is 0.305 e. The fraction of sp³-hybridized carbons (Fsp3) is 0.364. The van der Waals surface area contributed by atoms with Crippen LogP contribution < -0.4 is 0 Å². The Kier molecular flexibility index (Phi) is 7.06. The van der Waals surface area contributed by atoms with E-state index >= 15 is 0 Å². The Morgan fingerprint density at radius 1 is 1.00 bits per heavy atom. The number of esters is 1. The van der Waals surface area contributed by atoms with Crippen LogP contribution in [-0.2, 0) is 16.0 Å². The van der Waals surface area contributed by atoms with E-state index in [0.29, 0.717) is 12.8 Å². The number of carbonyl (C=O) groups is 1. The van der Waals surface area contributed by atoms with Crippen LogP contribution in [0.15, 0.2) is 24.8 Å². The van der Waals surface area contributed by atoms with E-state index in [-0.39, 0.29) is 17.8 Å². The first-order valence-electron chi connectivity index (χ1n) is 13.8. The van der Waals surface area contributed by atoms with Crippen molar-refractivity contribution in [1.29, 1.82) is 0 Å². The molecule has 0 spiro atoms. The van der Waals surface area contributed by atoms with Crippen molar-refractivity contribution >= 4 is 45.8 Å². The van der Waals surface area contributed by atoms with Crippen LogP contribution >= 0.6 is 0 Å². The fourth-order valence-corrected chi connectivity index (χ4v) is 6.06. The average Bonchev–Trinajstić information content (AvgIpc) is 3.61. The van der Waals surface area contributed by atoms with Crippen LogP contribution in [0.1, 0.15) is 96.0 Å². The van der Waals surface area contributed by atoms with E-state index in [4.69, 9.17) is 14.7 Å².